The van der Waals surface area contributed by atoms with Crippen LogP contribution in [0.25, 0.3) is 11.1 Å². The minimum atomic E-state index is -0.468. The number of aryl methyl sites for hydroxylation is 1. The largest absolute Gasteiger partial charge is 0.325 e. The number of halogens is 3. The molecule has 6 heteroatoms. The van der Waals surface area contributed by atoms with E-state index in [4.69, 9.17) is 40.1 Å². The topological polar surface area (TPSA) is 56.6 Å². The van der Waals surface area contributed by atoms with E-state index in [1.165, 1.54) is 6.07 Å². The highest BCUT2D eigenvalue weighted by molar-refractivity contribution is 6.45. The summed E-state index contributed by atoms with van der Waals surface area (Å²) in [5.41, 5.74) is 1.00. The molecule has 2 rings (SSSR count). The van der Waals surface area contributed by atoms with E-state index in [1.807, 2.05) is 6.07 Å². The van der Waals surface area contributed by atoms with Gasteiger partial charge in [0.1, 0.15) is 11.6 Å². The molecule has 0 amide bonds. The summed E-state index contributed by atoms with van der Waals surface area (Å²) in [7, 11) is 0. The number of nitrogens with one attached hydrogen (secondary N) is 1. The van der Waals surface area contributed by atoms with E-state index >= 15 is 0 Å². The molecule has 0 atom stereocenters. The number of nitrogens with zero attached hydrogens (tertiary/aromatic N) is 1. The molecule has 0 bridgehead atoms. The molecule has 1 heterocycles. The second-order valence-corrected chi connectivity index (χ2v) is 5.15. The SMILES string of the molecule is Cc1cc(-c2cc(Cl)cc(Cl)c2Cl)c(C#N)c(=O)[nH]1. The maximum atomic E-state index is 11.8. The Morgan fingerprint density at radius 1 is 1.16 bits per heavy atom. The Kier molecular flexibility index (Phi) is 3.86. The molecule has 0 aliphatic carbocycles. The highest BCUT2D eigenvalue weighted by Gasteiger charge is 2.15. The van der Waals surface area contributed by atoms with Crippen molar-refractivity contribution in [1.29, 1.82) is 5.26 Å². The minimum absolute atomic E-state index is 0.0224. The zero-order chi connectivity index (χ0) is 14.2. The van der Waals surface area contributed by atoms with E-state index in [2.05, 4.69) is 4.98 Å². The molecular weight excluding hydrogens is 307 g/mol. The average molecular weight is 314 g/mol. The summed E-state index contributed by atoms with van der Waals surface area (Å²) in [5.74, 6) is 0. The van der Waals surface area contributed by atoms with Crippen molar-refractivity contribution in [2.45, 2.75) is 6.92 Å². The third-order valence-electron chi connectivity index (χ3n) is 2.56. The van der Waals surface area contributed by atoms with E-state index in [0.29, 0.717) is 21.8 Å². The Morgan fingerprint density at radius 2 is 1.84 bits per heavy atom. The van der Waals surface area contributed by atoms with Crippen LogP contribution in [-0.2, 0) is 0 Å². The van der Waals surface area contributed by atoms with Crippen LogP contribution in [0, 0.1) is 18.3 Å². The van der Waals surface area contributed by atoms with Gasteiger partial charge in [0.25, 0.3) is 5.56 Å². The Bertz CT molecular complexity index is 760. The van der Waals surface area contributed by atoms with Crippen LogP contribution in [0.15, 0.2) is 23.0 Å². The summed E-state index contributed by atoms with van der Waals surface area (Å²) in [5, 5.41) is 10.0. The number of pyridine rings is 1. The first kappa shape index (κ1) is 14.0. The lowest BCUT2D eigenvalue weighted by Gasteiger charge is -2.09. The number of aromatic amines is 1. The zero-order valence-corrected chi connectivity index (χ0v) is 12.0. The predicted octanol–water partition coefficient (Wildman–Crippen LogP) is 4.18. The van der Waals surface area contributed by atoms with E-state index in [0.717, 1.165) is 0 Å². The van der Waals surface area contributed by atoms with E-state index in [1.54, 1.807) is 19.1 Å². The fourth-order valence-electron chi connectivity index (χ4n) is 1.76. The molecule has 19 heavy (non-hydrogen) atoms. The van der Waals surface area contributed by atoms with Crippen molar-refractivity contribution in [2.24, 2.45) is 0 Å². The second kappa shape index (κ2) is 5.26. The van der Waals surface area contributed by atoms with Crippen LogP contribution in [-0.4, -0.2) is 4.98 Å². The van der Waals surface area contributed by atoms with Crippen molar-refractivity contribution in [3.63, 3.8) is 0 Å². The van der Waals surface area contributed by atoms with Gasteiger partial charge >= 0.3 is 0 Å². The molecule has 2 aromatic rings. The number of aromatic nitrogens is 1. The molecule has 0 aliphatic heterocycles. The van der Waals surface area contributed by atoms with Crippen LogP contribution in [0.1, 0.15) is 11.3 Å². The third kappa shape index (κ3) is 2.62. The van der Waals surface area contributed by atoms with Gasteiger partial charge in [-0.2, -0.15) is 5.26 Å². The molecule has 0 unspecified atom stereocenters. The summed E-state index contributed by atoms with van der Waals surface area (Å²) >= 11 is 18.0. The fraction of sp³-hybridized carbons (Fsp3) is 0.0769. The summed E-state index contributed by atoms with van der Waals surface area (Å²) in [6.07, 6.45) is 0. The quantitative estimate of drug-likeness (QED) is 0.803. The third-order valence-corrected chi connectivity index (χ3v) is 3.58. The maximum absolute atomic E-state index is 11.8. The van der Waals surface area contributed by atoms with Crippen molar-refractivity contribution in [1.82, 2.24) is 4.98 Å². The molecule has 0 spiro atoms. The number of nitriles is 1. The Labute approximate surface area is 124 Å². The van der Waals surface area contributed by atoms with Crippen molar-refractivity contribution < 1.29 is 0 Å². The molecule has 0 radical (unpaired) electrons. The van der Waals surface area contributed by atoms with Gasteiger partial charge in [0, 0.05) is 21.8 Å². The lowest BCUT2D eigenvalue weighted by Crippen LogP contribution is -2.12. The monoisotopic (exact) mass is 312 g/mol. The molecule has 0 saturated carbocycles. The molecule has 0 fully saturated rings. The Hall–Kier alpha value is -1.47. The van der Waals surface area contributed by atoms with Crippen LogP contribution in [0.2, 0.25) is 15.1 Å². The molecular formula is C13H7Cl3N2O. The number of hydrogen-bond acceptors (Lipinski definition) is 2. The first-order valence-corrected chi connectivity index (χ1v) is 6.36. The van der Waals surface area contributed by atoms with E-state index < -0.39 is 5.56 Å². The first-order valence-electron chi connectivity index (χ1n) is 5.23. The fourth-order valence-corrected chi connectivity index (χ4v) is 2.47. The lowest BCUT2D eigenvalue weighted by atomic mass is 10.0. The minimum Gasteiger partial charge on any atom is -0.325 e. The normalized spacial score (nSPS) is 10.3. The van der Waals surface area contributed by atoms with Crippen molar-refractivity contribution >= 4 is 34.8 Å². The van der Waals surface area contributed by atoms with E-state index in [9.17, 15) is 4.79 Å². The number of hydrogen-bond donors (Lipinski definition) is 1. The van der Waals surface area contributed by atoms with Crippen LogP contribution >= 0.6 is 34.8 Å². The average Bonchev–Trinajstić information content (AvgIpc) is 2.33. The zero-order valence-electron chi connectivity index (χ0n) is 9.72. The number of rotatable bonds is 1. The predicted molar refractivity (Wildman–Crippen MR) is 77.0 cm³/mol. The van der Waals surface area contributed by atoms with Gasteiger partial charge in [-0.25, -0.2) is 0 Å². The molecule has 1 N–H and O–H groups in total. The van der Waals surface area contributed by atoms with Gasteiger partial charge in [0.05, 0.1) is 10.0 Å². The molecule has 0 saturated heterocycles. The Balaban J connectivity index is 2.87. The van der Waals surface area contributed by atoms with Gasteiger partial charge in [-0.15, -0.1) is 0 Å². The van der Waals surface area contributed by atoms with Gasteiger partial charge in [-0.1, -0.05) is 34.8 Å². The highest BCUT2D eigenvalue weighted by atomic mass is 35.5. The second-order valence-electron chi connectivity index (χ2n) is 3.93. The van der Waals surface area contributed by atoms with Gasteiger partial charge in [0.2, 0.25) is 0 Å². The molecule has 0 aliphatic rings. The van der Waals surface area contributed by atoms with Crippen molar-refractivity contribution in [3.8, 4) is 17.2 Å². The number of benzene rings is 1. The van der Waals surface area contributed by atoms with Crippen LogP contribution < -0.4 is 5.56 Å². The van der Waals surface area contributed by atoms with Gasteiger partial charge in [-0.05, 0) is 25.1 Å². The highest BCUT2D eigenvalue weighted by Crippen LogP contribution is 2.37. The van der Waals surface area contributed by atoms with Crippen molar-refractivity contribution in [3.05, 3.63) is 54.9 Å². The molecule has 1 aromatic heterocycles. The lowest BCUT2D eigenvalue weighted by molar-refractivity contribution is 1.13. The smallest absolute Gasteiger partial charge is 0.266 e. The van der Waals surface area contributed by atoms with Gasteiger partial charge in [-0.3, -0.25) is 4.79 Å². The first-order chi connectivity index (χ1) is 8.93. The van der Waals surface area contributed by atoms with E-state index in [-0.39, 0.29) is 15.6 Å². The van der Waals surface area contributed by atoms with Gasteiger partial charge < -0.3 is 4.98 Å². The number of H-pyrrole nitrogens is 1. The standard InChI is InChI=1S/C13H7Cl3N2O/c1-6-2-8(10(5-17)13(19)18-6)9-3-7(14)4-11(15)12(9)16/h2-4H,1H3,(H,18,19). The summed E-state index contributed by atoms with van der Waals surface area (Å²) in [6.45, 7) is 1.71. The van der Waals surface area contributed by atoms with Crippen molar-refractivity contribution in [2.75, 3.05) is 0 Å². The summed E-state index contributed by atoms with van der Waals surface area (Å²) in [4.78, 5) is 14.3. The molecule has 96 valence electrons. The molecule has 1 aromatic carbocycles. The van der Waals surface area contributed by atoms with Crippen LogP contribution in [0.3, 0.4) is 0 Å². The maximum Gasteiger partial charge on any atom is 0.266 e. The molecule has 3 nitrogen and oxygen atoms in total. The summed E-state index contributed by atoms with van der Waals surface area (Å²) < 4.78 is 0. The van der Waals surface area contributed by atoms with Crippen LogP contribution in [0.5, 0.6) is 0 Å². The Morgan fingerprint density at radius 3 is 2.47 bits per heavy atom. The summed E-state index contributed by atoms with van der Waals surface area (Å²) in [6, 6.07) is 6.60. The van der Waals surface area contributed by atoms with Crippen LogP contribution in [0.4, 0.5) is 0 Å². The van der Waals surface area contributed by atoms with Gasteiger partial charge in [0.15, 0.2) is 0 Å².